The SMILES string of the molecule is CNCCC1CN(Cc2ccccc2)C(=O)c2ccccc2O1.O=C(O)/C=C/C(=O)O. The van der Waals surface area contributed by atoms with Crippen LogP contribution in [0, 0.1) is 0 Å². The molecule has 0 aromatic heterocycles. The van der Waals surface area contributed by atoms with Crippen molar-refractivity contribution in [2.75, 3.05) is 20.1 Å². The Morgan fingerprint density at radius 2 is 1.68 bits per heavy atom. The summed E-state index contributed by atoms with van der Waals surface area (Å²) in [5.74, 6) is -1.79. The van der Waals surface area contributed by atoms with Gasteiger partial charge in [0.1, 0.15) is 11.9 Å². The first-order chi connectivity index (χ1) is 14.9. The average Bonchev–Trinajstić information content (AvgIpc) is 2.89. The van der Waals surface area contributed by atoms with Crippen molar-refractivity contribution in [3.05, 3.63) is 77.9 Å². The highest BCUT2D eigenvalue weighted by Crippen LogP contribution is 2.26. The number of nitrogens with one attached hydrogen (secondary N) is 1. The number of carboxylic acid groups (broad SMARTS) is 2. The van der Waals surface area contributed by atoms with Crippen LogP contribution in [0.15, 0.2) is 66.7 Å². The van der Waals surface area contributed by atoms with E-state index >= 15 is 0 Å². The summed E-state index contributed by atoms with van der Waals surface area (Å²) in [6, 6.07) is 17.6. The predicted octanol–water partition coefficient (Wildman–Crippen LogP) is 2.41. The molecule has 2 aromatic rings. The highest BCUT2D eigenvalue weighted by atomic mass is 16.5. The van der Waals surface area contributed by atoms with Crippen LogP contribution in [0.25, 0.3) is 0 Å². The van der Waals surface area contributed by atoms with Crippen LogP contribution >= 0.6 is 0 Å². The second kappa shape index (κ2) is 12.1. The second-order valence-electron chi connectivity index (χ2n) is 6.81. The molecule has 3 rings (SSSR count). The second-order valence-corrected chi connectivity index (χ2v) is 6.81. The number of para-hydroxylation sites is 1. The first-order valence-electron chi connectivity index (χ1n) is 9.78. The van der Waals surface area contributed by atoms with Gasteiger partial charge in [0.15, 0.2) is 0 Å². The minimum absolute atomic E-state index is 0.00115. The molecule has 0 saturated carbocycles. The van der Waals surface area contributed by atoms with Crippen molar-refractivity contribution < 1.29 is 29.3 Å². The molecule has 2 aromatic carbocycles. The minimum Gasteiger partial charge on any atom is -0.488 e. The molecule has 3 N–H and O–H groups in total. The van der Waals surface area contributed by atoms with E-state index in [0.29, 0.717) is 36.6 Å². The molecule has 8 heteroatoms. The molecule has 1 heterocycles. The number of ether oxygens (including phenoxy) is 1. The van der Waals surface area contributed by atoms with Crippen LogP contribution in [0.3, 0.4) is 0 Å². The van der Waals surface area contributed by atoms with Crippen molar-refractivity contribution >= 4 is 17.8 Å². The Balaban J connectivity index is 0.000000366. The van der Waals surface area contributed by atoms with Gasteiger partial charge in [-0.1, -0.05) is 42.5 Å². The van der Waals surface area contributed by atoms with E-state index in [2.05, 4.69) is 5.32 Å². The van der Waals surface area contributed by atoms with Crippen molar-refractivity contribution in [1.29, 1.82) is 0 Å². The smallest absolute Gasteiger partial charge is 0.328 e. The topological polar surface area (TPSA) is 116 Å². The Hall–Kier alpha value is -3.65. The fraction of sp³-hybridized carbons (Fsp3) is 0.261. The number of carbonyl (C=O) groups excluding carboxylic acids is 1. The molecule has 1 atom stereocenters. The molecule has 0 aliphatic carbocycles. The molecule has 0 radical (unpaired) electrons. The standard InChI is InChI=1S/C19H22N2O2.C4H4O4/c1-20-12-11-16-14-21(13-15-7-3-2-4-8-15)19(22)17-9-5-6-10-18(17)23-16;5-3(6)1-2-4(7)8/h2-10,16,20H,11-14H2,1H3;1-2H,(H,5,6)(H,7,8)/b;2-1+. The molecule has 1 unspecified atom stereocenters. The molecular weight excluding hydrogens is 400 g/mol. The molecular formula is C23H26N2O6. The van der Waals surface area contributed by atoms with E-state index < -0.39 is 11.9 Å². The van der Waals surface area contributed by atoms with Gasteiger partial charge in [-0.05, 0) is 37.7 Å². The number of hydrogen-bond donors (Lipinski definition) is 3. The number of hydrogen-bond acceptors (Lipinski definition) is 5. The molecule has 1 aliphatic heterocycles. The van der Waals surface area contributed by atoms with Crippen LogP contribution in [0.1, 0.15) is 22.3 Å². The highest BCUT2D eigenvalue weighted by Gasteiger charge is 2.28. The van der Waals surface area contributed by atoms with Gasteiger partial charge in [0.05, 0.1) is 12.1 Å². The molecule has 8 nitrogen and oxygen atoms in total. The Bertz CT molecular complexity index is 897. The number of rotatable bonds is 7. The lowest BCUT2D eigenvalue weighted by molar-refractivity contribution is -0.134. The molecule has 164 valence electrons. The summed E-state index contributed by atoms with van der Waals surface area (Å²) >= 11 is 0. The maximum Gasteiger partial charge on any atom is 0.328 e. The third-order valence-corrected chi connectivity index (χ3v) is 4.42. The Kier molecular flexibility index (Phi) is 9.25. The predicted molar refractivity (Wildman–Crippen MR) is 115 cm³/mol. The van der Waals surface area contributed by atoms with Crippen molar-refractivity contribution in [2.24, 2.45) is 0 Å². The zero-order valence-electron chi connectivity index (χ0n) is 17.2. The minimum atomic E-state index is -1.26. The largest absolute Gasteiger partial charge is 0.488 e. The van der Waals surface area contributed by atoms with Crippen LogP contribution in [-0.4, -0.2) is 59.2 Å². The quantitative estimate of drug-likeness (QED) is 0.582. The van der Waals surface area contributed by atoms with Gasteiger partial charge in [-0.3, -0.25) is 4.79 Å². The fourth-order valence-electron chi connectivity index (χ4n) is 3.00. The first kappa shape index (κ1) is 23.6. The molecule has 0 saturated heterocycles. The molecule has 31 heavy (non-hydrogen) atoms. The third-order valence-electron chi connectivity index (χ3n) is 4.42. The molecule has 1 amide bonds. The Morgan fingerprint density at radius 3 is 2.29 bits per heavy atom. The van der Waals surface area contributed by atoms with Crippen LogP contribution in [0.2, 0.25) is 0 Å². The summed E-state index contributed by atoms with van der Waals surface area (Å²) in [4.78, 5) is 33.9. The number of fused-ring (bicyclic) bond motifs is 1. The van der Waals surface area contributed by atoms with Crippen molar-refractivity contribution in [3.8, 4) is 5.75 Å². The van der Waals surface area contributed by atoms with Crippen LogP contribution in [0.4, 0.5) is 0 Å². The molecule has 1 aliphatic rings. The first-order valence-corrected chi connectivity index (χ1v) is 9.78. The maximum atomic E-state index is 12.9. The highest BCUT2D eigenvalue weighted by molar-refractivity contribution is 5.97. The van der Waals surface area contributed by atoms with Gasteiger partial charge >= 0.3 is 11.9 Å². The van der Waals surface area contributed by atoms with E-state index in [1.165, 1.54) is 0 Å². The zero-order chi connectivity index (χ0) is 22.6. The Labute approximate surface area is 180 Å². The van der Waals surface area contributed by atoms with Crippen LogP contribution in [0.5, 0.6) is 5.75 Å². The van der Waals surface area contributed by atoms with Gasteiger partial charge in [0.25, 0.3) is 5.91 Å². The van der Waals surface area contributed by atoms with E-state index in [1.54, 1.807) is 0 Å². The summed E-state index contributed by atoms with van der Waals surface area (Å²) in [6.07, 6.45) is 1.98. The van der Waals surface area contributed by atoms with E-state index in [4.69, 9.17) is 14.9 Å². The number of nitrogens with zero attached hydrogens (tertiary/aromatic N) is 1. The normalized spacial score (nSPS) is 15.3. The molecule has 0 bridgehead atoms. The molecule has 0 spiro atoms. The van der Waals surface area contributed by atoms with Crippen LogP contribution < -0.4 is 10.1 Å². The van der Waals surface area contributed by atoms with Crippen molar-refractivity contribution in [3.63, 3.8) is 0 Å². The lowest BCUT2D eigenvalue weighted by atomic mass is 10.1. The summed E-state index contributed by atoms with van der Waals surface area (Å²) < 4.78 is 6.09. The number of benzene rings is 2. The van der Waals surface area contributed by atoms with Gasteiger partial charge in [-0.2, -0.15) is 0 Å². The van der Waals surface area contributed by atoms with Gasteiger partial charge in [-0.15, -0.1) is 0 Å². The number of carboxylic acids is 2. The van der Waals surface area contributed by atoms with Crippen LogP contribution in [-0.2, 0) is 16.1 Å². The van der Waals surface area contributed by atoms with Crippen molar-refractivity contribution in [1.82, 2.24) is 10.2 Å². The number of aliphatic carboxylic acids is 2. The fourth-order valence-corrected chi connectivity index (χ4v) is 3.00. The summed E-state index contributed by atoms with van der Waals surface area (Å²) in [5.41, 5.74) is 1.78. The van der Waals surface area contributed by atoms with Gasteiger partial charge in [0, 0.05) is 18.7 Å². The van der Waals surface area contributed by atoms with E-state index in [0.717, 1.165) is 18.5 Å². The Morgan fingerprint density at radius 1 is 1.06 bits per heavy atom. The van der Waals surface area contributed by atoms with Gasteiger partial charge in [-0.25, -0.2) is 9.59 Å². The van der Waals surface area contributed by atoms with E-state index in [-0.39, 0.29) is 12.0 Å². The monoisotopic (exact) mass is 426 g/mol. The molecule has 0 fully saturated rings. The van der Waals surface area contributed by atoms with Gasteiger partial charge in [0.2, 0.25) is 0 Å². The number of amides is 1. The lowest BCUT2D eigenvalue weighted by Crippen LogP contribution is -2.37. The average molecular weight is 426 g/mol. The van der Waals surface area contributed by atoms with Crippen molar-refractivity contribution in [2.45, 2.75) is 19.1 Å². The van der Waals surface area contributed by atoms with E-state index in [9.17, 15) is 14.4 Å². The number of carbonyl (C=O) groups is 3. The van der Waals surface area contributed by atoms with Gasteiger partial charge < -0.3 is 25.2 Å². The third kappa shape index (κ3) is 7.94. The summed E-state index contributed by atoms with van der Waals surface area (Å²) in [7, 11) is 1.93. The van der Waals surface area contributed by atoms with E-state index in [1.807, 2.05) is 66.5 Å². The summed E-state index contributed by atoms with van der Waals surface area (Å²) in [5, 5.41) is 18.8. The lowest BCUT2D eigenvalue weighted by Gasteiger charge is -2.24. The summed E-state index contributed by atoms with van der Waals surface area (Å²) in [6.45, 7) is 2.07. The maximum absolute atomic E-state index is 12.9. The zero-order valence-corrected chi connectivity index (χ0v) is 17.2.